The summed E-state index contributed by atoms with van der Waals surface area (Å²) >= 11 is 0. The van der Waals surface area contributed by atoms with Crippen LogP contribution in [0, 0.1) is 11.2 Å². The van der Waals surface area contributed by atoms with Gasteiger partial charge >= 0.3 is 5.97 Å². The number of ether oxygens (including phenoxy) is 1. The number of nitrogens with two attached hydrogens (primary N) is 1. The molecule has 2 fully saturated rings. The minimum atomic E-state index is -0.235. The molecule has 1 aromatic carbocycles. The van der Waals surface area contributed by atoms with Crippen LogP contribution >= 0.6 is 0 Å². The molecule has 7 heteroatoms. The van der Waals surface area contributed by atoms with E-state index in [1.54, 1.807) is 0 Å². The van der Waals surface area contributed by atoms with Crippen molar-refractivity contribution in [2.24, 2.45) is 11.1 Å². The molecule has 0 spiro atoms. The van der Waals surface area contributed by atoms with E-state index in [1.807, 2.05) is 12.1 Å². The Morgan fingerprint density at radius 1 is 1.14 bits per heavy atom. The van der Waals surface area contributed by atoms with E-state index in [0.717, 1.165) is 70.4 Å². The summed E-state index contributed by atoms with van der Waals surface area (Å²) in [5, 5.41) is 0. The number of unbranched alkanes of at least 4 members (excludes halogenated alkanes) is 2. The molecule has 198 valence electrons. The van der Waals surface area contributed by atoms with E-state index < -0.39 is 0 Å². The lowest BCUT2D eigenvalue weighted by atomic mass is 9.76. The number of hydrogen-bond acceptors (Lipinski definition) is 6. The summed E-state index contributed by atoms with van der Waals surface area (Å²) in [4.78, 5) is 27.3. The maximum Gasteiger partial charge on any atom is 0.312 e. The smallest absolute Gasteiger partial charge is 0.312 e. The van der Waals surface area contributed by atoms with E-state index in [4.69, 9.17) is 10.5 Å². The molecule has 6 nitrogen and oxygen atoms in total. The van der Waals surface area contributed by atoms with Crippen molar-refractivity contribution < 1.29 is 18.7 Å². The zero-order chi connectivity index (χ0) is 25.8. The van der Waals surface area contributed by atoms with Gasteiger partial charge in [-0.1, -0.05) is 39.5 Å². The van der Waals surface area contributed by atoms with Crippen LogP contribution < -0.4 is 10.6 Å². The fourth-order valence-electron chi connectivity index (χ4n) is 5.25. The van der Waals surface area contributed by atoms with Crippen LogP contribution in [0.3, 0.4) is 0 Å². The van der Waals surface area contributed by atoms with E-state index in [9.17, 15) is 14.0 Å². The van der Waals surface area contributed by atoms with Crippen molar-refractivity contribution >= 4 is 17.4 Å². The fourth-order valence-corrected chi connectivity index (χ4v) is 5.25. The van der Waals surface area contributed by atoms with Gasteiger partial charge in [-0.3, -0.25) is 14.5 Å². The molecule has 0 aliphatic carbocycles. The van der Waals surface area contributed by atoms with Crippen LogP contribution in [-0.4, -0.2) is 61.5 Å². The van der Waals surface area contributed by atoms with Crippen LogP contribution in [0.1, 0.15) is 79.1 Å². The van der Waals surface area contributed by atoms with Crippen molar-refractivity contribution in [3.63, 3.8) is 0 Å². The molecule has 2 aliphatic heterocycles. The van der Waals surface area contributed by atoms with Gasteiger partial charge in [-0.25, -0.2) is 4.39 Å². The number of Topliss-reactive ketones (excluding diaryl/α,β-unsaturated/α-hetero) is 1. The zero-order valence-corrected chi connectivity index (χ0v) is 22.2. The molecule has 3 atom stereocenters. The van der Waals surface area contributed by atoms with Gasteiger partial charge in [0.1, 0.15) is 17.7 Å². The molecule has 3 rings (SSSR count). The number of anilines is 1. The first-order valence-corrected chi connectivity index (χ1v) is 13.4. The van der Waals surface area contributed by atoms with Crippen molar-refractivity contribution in [1.29, 1.82) is 0 Å². The second-order valence-electron chi connectivity index (χ2n) is 10.2. The Kier molecular flexibility index (Phi) is 12.1. The second-order valence-corrected chi connectivity index (χ2v) is 10.2. The van der Waals surface area contributed by atoms with Crippen LogP contribution in [0.15, 0.2) is 24.3 Å². The van der Waals surface area contributed by atoms with Gasteiger partial charge in [-0.05, 0) is 57.4 Å². The van der Waals surface area contributed by atoms with Crippen LogP contribution in [0.4, 0.5) is 10.1 Å². The Labute approximate surface area is 211 Å². The predicted molar refractivity (Wildman–Crippen MR) is 140 cm³/mol. The molecular formula is C28H46FN3O3. The quantitative estimate of drug-likeness (QED) is 0.349. The van der Waals surface area contributed by atoms with Gasteiger partial charge in [0, 0.05) is 44.3 Å². The highest BCUT2D eigenvalue weighted by atomic mass is 19.1. The Morgan fingerprint density at radius 3 is 2.40 bits per heavy atom. The molecule has 0 radical (unpaired) electrons. The number of carbonyl (C=O) groups is 2. The minimum absolute atomic E-state index is 0.0324. The third kappa shape index (κ3) is 8.87. The lowest BCUT2D eigenvalue weighted by molar-refractivity contribution is -0.149. The first kappa shape index (κ1) is 29.2. The molecule has 0 amide bonds. The fraction of sp³-hybridized carbons (Fsp3) is 0.714. The van der Waals surface area contributed by atoms with Crippen LogP contribution in [0.5, 0.6) is 0 Å². The number of cyclic esters (lactones) is 1. The van der Waals surface area contributed by atoms with E-state index in [0.29, 0.717) is 6.04 Å². The molecule has 35 heavy (non-hydrogen) atoms. The van der Waals surface area contributed by atoms with Crippen molar-refractivity contribution in [2.45, 2.75) is 91.2 Å². The van der Waals surface area contributed by atoms with Crippen LogP contribution in [-0.2, 0) is 14.3 Å². The summed E-state index contributed by atoms with van der Waals surface area (Å²) in [6.45, 7) is 12.1. The average molecular weight is 492 g/mol. The summed E-state index contributed by atoms with van der Waals surface area (Å²) in [6, 6.07) is 7.21. The topological polar surface area (TPSA) is 75.9 Å². The average Bonchev–Trinajstić information content (AvgIpc) is 3.14. The second kappa shape index (κ2) is 14.5. The standard InChI is InChI=1S/C25H39FN2O2.C3H7NO/c1-4-6-7-14-25(13-5-2)18-23(30-24(25)29)12-15-27-16-17-28(19-20(27)3)22-10-8-21(26)9-11-22;1-3(5)2-4/h8-11,20,23H,4-7,12-19H2,1-3H3;2,4H2,1H3. The van der Waals surface area contributed by atoms with Gasteiger partial charge in [0.2, 0.25) is 0 Å². The number of hydrogen-bond donors (Lipinski definition) is 1. The van der Waals surface area contributed by atoms with Crippen molar-refractivity contribution in [3.8, 4) is 0 Å². The van der Waals surface area contributed by atoms with Gasteiger partial charge in [-0.2, -0.15) is 0 Å². The summed E-state index contributed by atoms with van der Waals surface area (Å²) in [5.74, 6) is -0.102. The highest BCUT2D eigenvalue weighted by Gasteiger charge is 2.47. The predicted octanol–water partition coefficient (Wildman–Crippen LogP) is 4.94. The molecule has 3 unspecified atom stereocenters. The SMILES string of the molecule is CC(=O)CN.CCCCCC1(CCC)CC(CCN2CCN(c3ccc(F)cc3)CC2C)OC1=O. The van der Waals surface area contributed by atoms with E-state index in [-0.39, 0.29) is 35.6 Å². The van der Waals surface area contributed by atoms with Gasteiger partial charge in [0.15, 0.2) is 0 Å². The number of rotatable bonds is 11. The lowest BCUT2D eigenvalue weighted by Crippen LogP contribution is -2.52. The van der Waals surface area contributed by atoms with Crippen molar-refractivity contribution in [2.75, 3.05) is 37.6 Å². The van der Waals surface area contributed by atoms with Crippen LogP contribution in [0.25, 0.3) is 0 Å². The molecule has 2 aliphatic rings. The molecule has 2 N–H and O–H groups in total. The van der Waals surface area contributed by atoms with Crippen molar-refractivity contribution in [3.05, 3.63) is 30.1 Å². The Hall–Kier alpha value is -1.99. The zero-order valence-electron chi connectivity index (χ0n) is 22.2. The molecule has 2 heterocycles. The minimum Gasteiger partial charge on any atom is -0.462 e. The van der Waals surface area contributed by atoms with Gasteiger partial charge < -0.3 is 15.4 Å². The highest BCUT2D eigenvalue weighted by molar-refractivity contribution is 5.79. The number of benzene rings is 1. The van der Waals surface area contributed by atoms with E-state index in [2.05, 4.69) is 30.6 Å². The first-order chi connectivity index (χ1) is 16.7. The monoisotopic (exact) mass is 491 g/mol. The number of nitrogens with zero attached hydrogens (tertiary/aromatic N) is 2. The van der Waals surface area contributed by atoms with Gasteiger partial charge in [0.05, 0.1) is 12.0 Å². The third-order valence-electron chi connectivity index (χ3n) is 7.30. The molecule has 0 aromatic heterocycles. The van der Waals surface area contributed by atoms with E-state index >= 15 is 0 Å². The summed E-state index contributed by atoms with van der Waals surface area (Å²) in [7, 11) is 0. The number of esters is 1. The summed E-state index contributed by atoms with van der Waals surface area (Å²) < 4.78 is 19.1. The number of carbonyl (C=O) groups excluding carboxylic acids is 2. The first-order valence-electron chi connectivity index (χ1n) is 13.4. The molecule has 0 saturated carbocycles. The maximum atomic E-state index is 13.2. The van der Waals surface area contributed by atoms with Crippen LogP contribution in [0.2, 0.25) is 0 Å². The Balaban J connectivity index is 0.000000784. The van der Waals surface area contributed by atoms with E-state index in [1.165, 1.54) is 31.9 Å². The Bertz CT molecular complexity index is 788. The van der Waals surface area contributed by atoms with Gasteiger partial charge in [0.25, 0.3) is 0 Å². The molecule has 0 bridgehead atoms. The maximum absolute atomic E-state index is 13.2. The number of halogens is 1. The lowest BCUT2D eigenvalue weighted by Gasteiger charge is -2.41. The van der Waals surface area contributed by atoms with Crippen molar-refractivity contribution in [1.82, 2.24) is 4.90 Å². The largest absolute Gasteiger partial charge is 0.462 e. The summed E-state index contributed by atoms with van der Waals surface area (Å²) in [6.07, 6.45) is 8.36. The summed E-state index contributed by atoms with van der Waals surface area (Å²) in [5.41, 5.74) is 5.67. The normalized spacial score (nSPS) is 24.6. The highest BCUT2D eigenvalue weighted by Crippen LogP contribution is 2.43. The molecule has 1 aromatic rings. The third-order valence-corrected chi connectivity index (χ3v) is 7.30. The Morgan fingerprint density at radius 2 is 1.83 bits per heavy atom. The number of piperazine rings is 1. The molecular weight excluding hydrogens is 445 g/mol. The van der Waals surface area contributed by atoms with Gasteiger partial charge in [-0.15, -0.1) is 0 Å². The molecule has 2 saturated heterocycles. The number of ketones is 1.